The molecule has 0 saturated heterocycles. The molecule has 0 aliphatic heterocycles. The van der Waals surface area contributed by atoms with Crippen LogP contribution in [0.4, 0.5) is 0 Å². The first-order valence-corrected chi connectivity index (χ1v) is 1.46. The Kier molecular flexibility index (Phi) is 21.3. The molecule has 0 aromatic carbocycles. The average Bonchev–Trinajstić information content (AvgIpc) is 1.38. The maximum absolute atomic E-state index is 5.04. The summed E-state index contributed by atoms with van der Waals surface area (Å²) >= 11 is 0. The number of hydrogen-bond acceptors (Lipinski definition) is 0. The van der Waals surface area contributed by atoms with Gasteiger partial charge in [0.2, 0.25) is 0 Å². The number of rotatable bonds is 1. The summed E-state index contributed by atoms with van der Waals surface area (Å²) < 4.78 is 0. The van der Waals surface area contributed by atoms with Crippen LogP contribution in [0.2, 0.25) is 0 Å². The van der Waals surface area contributed by atoms with Crippen LogP contribution < -0.4 is 0 Å². The van der Waals surface area contributed by atoms with Gasteiger partial charge in [-0.05, 0) is 0 Å². The van der Waals surface area contributed by atoms with Crippen molar-refractivity contribution >= 4 is 0 Å². The average molecular weight is 185 g/mol. The van der Waals surface area contributed by atoms with E-state index in [1.807, 2.05) is 0 Å². The number of nitrogens with zero attached hydrogens (tertiary/aromatic N) is 1. The monoisotopic (exact) mass is 186 g/mol. The van der Waals surface area contributed by atoms with Gasteiger partial charge in [0.05, 0.1) is 0 Å². The first-order chi connectivity index (χ1) is 2.27. The van der Waals surface area contributed by atoms with Crippen molar-refractivity contribution in [1.29, 1.82) is 0 Å². The second kappa shape index (κ2) is 9.48. The van der Waals surface area contributed by atoms with Gasteiger partial charge in [0.25, 0.3) is 0 Å². The zero-order valence-electron chi connectivity index (χ0n) is 4.88. The molecule has 0 aliphatic carbocycles. The third kappa shape index (κ3) is 22.8. The van der Waals surface area contributed by atoms with Crippen LogP contribution in [0.15, 0.2) is 5.70 Å². The molecular weight excluding hydrogens is 175 g/mol. The Labute approximate surface area is 58.9 Å². The normalized spacial score (nSPS) is 4.86. The standard InChI is InChI=1S/C4H7N.CH3.Ru/c1-4(2)5-3;;/h1H,2-3H3;1H3;/q-2;-1;+2. The summed E-state index contributed by atoms with van der Waals surface area (Å²) in [5.74, 6) is 0. The van der Waals surface area contributed by atoms with Gasteiger partial charge in [-0.1, -0.05) is 6.92 Å². The van der Waals surface area contributed by atoms with E-state index in [-0.39, 0.29) is 26.9 Å². The minimum atomic E-state index is 0. The van der Waals surface area contributed by atoms with Crippen molar-refractivity contribution in [3.8, 4) is 0 Å². The first-order valence-electron chi connectivity index (χ1n) is 1.46. The molecule has 0 saturated carbocycles. The summed E-state index contributed by atoms with van der Waals surface area (Å²) in [4.78, 5) is 0. The predicted octanol–water partition coefficient (Wildman–Crippen LogP) is 1.77. The number of hydrogen-bond donors (Lipinski definition) is 0. The second-order valence-electron chi connectivity index (χ2n) is 0.865. The molecule has 7 heavy (non-hydrogen) atoms. The topological polar surface area (TPSA) is 14.1 Å². The molecule has 0 radical (unpaired) electrons. The van der Waals surface area contributed by atoms with Crippen LogP contribution in [0.5, 0.6) is 0 Å². The van der Waals surface area contributed by atoms with Crippen LogP contribution in [0.3, 0.4) is 0 Å². The maximum Gasteiger partial charge on any atom is 2.00 e. The Morgan fingerprint density at radius 3 is 1.71 bits per heavy atom. The van der Waals surface area contributed by atoms with Gasteiger partial charge < -0.3 is 25.0 Å². The number of allylic oxidation sites excluding steroid dienone is 1. The summed E-state index contributed by atoms with van der Waals surface area (Å²) in [6.07, 6.45) is 0. The summed E-state index contributed by atoms with van der Waals surface area (Å²) in [6, 6.07) is 0. The van der Waals surface area contributed by atoms with Crippen molar-refractivity contribution in [2.75, 3.05) is 7.05 Å². The molecule has 0 N–H and O–H groups in total. The van der Waals surface area contributed by atoms with Crippen LogP contribution in [-0.4, -0.2) is 7.05 Å². The van der Waals surface area contributed by atoms with Crippen molar-refractivity contribution in [3.63, 3.8) is 0 Å². The first kappa shape index (κ1) is 15.7. The SMILES string of the molecule is [CH-]=C(C)[N-]C.[CH3-].[Ru+2]. The van der Waals surface area contributed by atoms with Crippen molar-refractivity contribution in [3.05, 3.63) is 25.0 Å². The van der Waals surface area contributed by atoms with Crippen molar-refractivity contribution in [2.24, 2.45) is 0 Å². The molecule has 0 heterocycles. The quantitative estimate of drug-likeness (QED) is 0.436. The van der Waals surface area contributed by atoms with Crippen LogP contribution in [0, 0.1) is 14.0 Å². The molecule has 0 spiro atoms. The molecule has 0 atom stereocenters. The van der Waals surface area contributed by atoms with Crippen molar-refractivity contribution in [1.82, 2.24) is 0 Å². The van der Waals surface area contributed by atoms with Crippen molar-refractivity contribution in [2.45, 2.75) is 6.92 Å². The molecule has 0 rings (SSSR count). The molecule has 0 aromatic rings. The van der Waals surface area contributed by atoms with Crippen LogP contribution in [0.1, 0.15) is 6.92 Å². The van der Waals surface area contributed by atoms with Gasteiger partial charge in [0, 0.05) is 0 Å². The van der Waals surface area contributed by atoms with E-state index in [1.165, 1.54) is 0 Å². The summed E-state index contributed by atoms with van der Waals surface area (Å²) in [6.45, 7) is 6.79. The minimum Gasteiger partial charge on any atom is -0.721 e. The third-order valence-electron chi connectivity index (χ3n) is 0.353. The Hall–Kier alpha value is 0.163. The zero-order valence-corrected chi connectivity index (χ0v) is 6.62. The molecule has 0 aliphatic rings. The van der Waals surface area contributed by atoms with Gasteiger partial charge in [-0.3, -0.25) is 0 Å². The van der Waals surface area contributed by atoms with Gasteiger partial charge in [-0.2, -0.15) is 0 Å². The van der Waals surface area contributed by atoms with E-state index < -0.39 is 0 Å². The molecular formula is C5H10NRu-. The molecule has 0 fully saturated rings. The van der Waals surface area contributed by atoms with Gasteiger partial charge in [-0.15, -0.1) is 7.05 Å². The fourth-order valence-electron chi connectivity index (χ4n) is 0. The van der Waals surface area contributed by atoms with Gasteiger partial charge in [0.1, 0.15) is 0 Å². The zero-order chi connectivity index (χ0) is 4.28. The molecule has 0 unspecified atom stereocenters. The van der Waals surface area contributed by atoms with Gasteiger partial charge in [-0.25, -0.2) is 0 Å². The van der Waals surface area contributed by atoms with E-state index in [4.69, 9.17) is 6.58 Å². The Balaban J connectivity index is -0.0000000800. The molecule has 44 valence electrons. The van der Waals surface area contributed by atoms with E-state index >= 15 is 0 Å². The largest absolute Gasteiger partial charge is 2.00 e. The Bertz CT molecular complexity index is 43.3. The summed E-state index contributed by atoms with van der Waals surface area (Å²) in [5, 5.41) is 3.58. The van der Waals surface area contributed by atoms with Crippen LogP contribution in [-0.2, 0) is 19.5 Å². The van der Waals surface area contributed by atoms with E-state index in [0.717, 1.165) is 0 Å². The van der Waals surface area contributed by atoms with E-state index in [9.17, 15) is 0 Å². The Morgan fingerprint density at radius 1 is 1.57 bits per heavy atom. The van der Waals surface area contributed by atoms with E-state index in [2.05, 4.69) is 5.32 Å². The third-order valence-corrected chi connectivity index (χ3v) is 0.353. The van der Waals surface area contributed by atoms with Gasteiger partial charge >= 0.3 is 19.5 Å². The van der Waals surface area contributed by atoms with E-state index in [1.54, 1.807) is 14.0 Å². The maximum atomic E-state index is 5.04. The van der Waals surface area contributed by atoms with Crippen LogP contribution in [0.25, 0.3) is 5.32 Å². The summed E-state index contributed by atoms with van der Waals surface area (Å²) in [7, 11) is 1.66. The fourth-order valence-corrected chi connectivity index (χ4v) is 0. The molecule has 0 amide bonds. The second-order valence-corrected chi connectivity index (χ2v) is 0.865. The van der Waals surface area contributed by atoms with Gasteiger partial charge in [0.15, 0.2) is 0 Å². The summed E-state index contributed by atoms with van der Waals surface area (Å²) in [5.41, 5.74) is 0.630. The smallest absolute Gasteiger partial charge is 0.721 e. The van der Waals surface area contributed by atoms with Crippen molar-refractivity contribution < 1.29 is 19.5 Å². The predicted molar refractivity (Wildman–Crippen MR) is 29.2 cm³/mol. The minimum absolute atomic E-state index is 0. The molecule has 0 bridgehead atoms. The molecule has 2 heteroatoms. The molecule has 0 aromatic heterocycles. The fraction of sp³-hybridized carbons (Fsp3) is 0.400. The Morgan fingerprint density at radius 2 is 1.71 bits per heavy atom. The van der Waals surface area contributed by atoms with E-state index in [0.29, 0.717) is 5.70 Å². The van der Waals surface area contributed by atoms with Crippen LogP contribution >= 0.6 is 0 Å². The molecule has 1 nitrogen and oxygen atoms in total.